The van der Waals surface area contributed by atoms with E-state index in [-0.39, 0.29) is 29.4 Å². The zero-order valence-corrected chi connectivity index (χ0v) is 19.4. The summed E-state index contributed by atoms with van der Waals surface area (Å²) in [5.74, 6) is 0.384. The van der Waals surface area contributed by atoms with Crippen molar-refractivity contribution < 1.29 is 23.5 Å². The molecule has 0 aromatic heterocycles. The minimum absolute atomic E-state index is 0.117. The number of rotatable bonds is 9. The van der Waals surface area contributed by atoms with Gasteiger partial charge < -0.3 is 20.1 Å². The molecule has 0 aliphatic carbocycles. The Bertz CT molecular complexity index is 1120. The highest BCUT2D eigenvalue weighted by Crippen LogP contribution is 2.30. The highest BCUT2D eigenvalue weighted by atomic mass is 32.2. The van der Waals surface area contributed by atoms with E-state index in [1.807, 2.05) is 13.0 Å². The maximum Gasteiger partial charge on any atom is 0.252 e. The van der Waals surface area contributed by atoms with Gasteiger partial charge in [0.1, 0.15) is 5.82 Å². The van der Waals surface area contributed by atoms with Crippen molar-refractivity contribution in [3.63, 3.8) is 0 Å². The van der Waals surface area contributed by atoms with E-state index in [0.717, 1.165) is 5.56 Å². The number of benzene rings is 3. The average molecular weight is 469 g/mol. The van der Waals surface area contributed by atoms with Crippen LogP contribution in [0.3, 0.4) is 0 Å². The van der Waals surface area contributed by atoms with Gasteiger partial charge in [-0.1, -0.05) is 24.3 Å². The molecule has 3 aromatic rings. The van der Waals surface area contributed by atoms with Crippen molar-refractivity contribution in [2.75, 3.05) is 25.3 Å². The lowest BCUT2D eigenvalue weighted by molar-refractivity contribution is -0.113. The van der Waals surface area contributed by atoms with Gasteiger partial charge in [0.2, 0.25) is 5.91 Å². The first-order valence-corrected chi connectivity index (χ1v) is 11.2. The number of carbonyl (C=O) groups is 2. The second-order valence-corrected chi connectivity index (χ2v) is 8.17. The number of amides is 2. The van der Waals surface area contributed by atoms with Crippen LogP contribution in [0.25, 0.3) is 0 Å². The number of halogens is 1. The number of thioether (sulfide) groups is 1. The van der Waals surface area contributed by atoms with E-state index in [0.29, 0.717) is 27.6 Å². The van der Waals surface area contributed by atoms with E-state index < -0.39 is 0 Å². The van der Waals surface area contributed by atoms with Gasteiger partial charge in [0.15, 0.2) is 11.5 Å². The van der Waals surface area contributed by atoms with Crippen LogP contribution in [0.1, 0.15) is 28.9 Å². The smallest absolute Gasteiger partial charge is 0.252 e. The summed E-state index contributed by atoms with van der Waals surface area (Å²) in [6, 6.07) is 17.9. The van der Waals surface area contributed by atoms with Crippen LogP contribution < -0.4 is 20.1 Å². The number of nitrogens with one attached hydrogen (secondary N) is 2. The standard InChI is InChI=1S/C25H25FN2O4S/c1-16(17-8-10-18(26)11-9-17)27-25(30)20-6-4-5-7-23(20)33-15-24(29)28-19-12-13-21(31-2)22(14-19)32-3/h4-14,16H,15H2,1-3H3,(H,27,30)(H,28,29). The predicted molar refractivity (Wildman–Crippen MR) is 128 cm³/mol. The summed E-state index contributed by atoms with van der Waals surface area (Å²) in [5.41, 5.74) is 1.84. The Kier molecular flexibility index (Phi) is 8.32. The molecule has 33 heavy (non-hydrogen) atoms. The molecule has 0 saturated carbocycles. The Morgan fingerprint density at radius 2 is 1.67 bits per heavy atom. The fraction of sp³-hybridized carbons (Fsp3) is 0.200. The van der Waals surface area contributed by atoms with Crippen molar-refractivity contribution in [1.82, 2.24) is 5.32 Å². The fourth-order valence-electron chi connectivity index (χ4n) is 3.14. The molecule has 6 nitrogen and oxygen atoms in total. The molecule has 0 aliphatic rings. The number of methoxy groups -OCH3 is 2. The van der Waals surface area contributed by atoms with E-state index in [4.69, 9.17) is 9.47 Å². The van der Waals surface area contributed by atoms with Crippen molar-refractivity contribution in [2.24, 2.45) is 0 Å². The van der Waals surface area contributed by atoms with Crippen molar-refractivity contribution >= 4 is 29.3 Å². The molecule has 0 aliphatic heterocycles. The summed E-state index contributed by atoms with van der Waals surface area (Å²) in [5, 5.41) is 5.74. The fourth-order valence-corrected chi connectivity index (χ4v) is 3.99. The molecule has 3 rings (SSSR count). The first kappa shape index (κ1) is 24.1. The third-order valence-corrected chi connectivity index (χ3v) is 5.95. The van der Waals surface area contributed by atoms with Gasteiger partial charge >= 0.3 is 0 Å². The Morgan fingerprint density at radius 1 is 0.970 bits per heavy atom. The lowest BCUT2D eigenvalue weighted by Crippen LogP contribution is -2.27. The van der Waals surface area contributed by atoms with Gasteiger partial charge in [-0.2, -0.15) is 0 Å². The van der Waals surface area contributed by atoms with E-state index in [1.54, 1.807) is 55.6 Å². The maximum absolute atomic E-state index is 13.2. The lowest BCUT2D eigenvalue weighted by atomic mass is 10.1. The molecule has 1 unspecified atom stereocenters. The van der Waals surface area contributed by atoms with Gasteiger partial charge in [-0.05, 0) is 48.9 Å². The normalized spacial score (nSPS) is 11.4. The molecule has 8 heteroatoms. The topological polar surface area (TPSA) is 76.7 Å². The molecule has 0 fully saturated rings. The number of hydrogen-bond donors (Lipinski definition) is 2. The summed E-state index contributed by atoms with van der Waals surface area (Å²) >= 11 is 1.27. The molecule has 0 saturated heterocycles. The van der Waals surface area contributed by atoms with Crippen LogP contribution in [0.5, 0.6) is 11.5 Å². The van der Waals surface area contributed by atoms with Crippen molar-refractivity contribution in [2.45, 2.75) is 17.9 Å². The first-order chi connectivity index (χ1) is 15.9. The van der Waals surface area contributed by atoms with Gasteiger partial charge in [0, 0.05) is 16.6 Å². The highest BCUT2D eigenvalue weighted by Gasteiger charge is 2.16. The van der Waals surface area contributed by atoms with Crippen LogP contribution >= 0.6 is 11.8 Å². The SMILES string of the molecule is COc1ccc(NC(=O)CSc2ccccc2C(=O)NC(C)c2ccc(F)cc2)cc1OC. The minimum atomic E-state index is -0.328. The van der Waals surface area contributed by atoms with Gasteiger partial charge in [-0.3, -0.25) is 9.59 Å². The van der Waals surface area contributed by atoms with E-state index in [9.17, 15) is 14.0 Å². The molecule has 3 aromatic carbocycles. The van der Waals surface area contributed by atoms with Crippen LogP contribution in [0.2, 0.25) is 0 Å². The van der Waals surface area contributed by atoms with Crippen molar-refractivity contribution in [3.05, 3.63) is 83.7 Å². The number of carbonyl (C=O) groups excluding carboxylic acids is 2. The maximum atomic E-state index is 13.2. The summed E-state index contributed by atoms with van der Waals surface area (Å²) in [6.45, 7) is 1.83. The largest absolute Gasteiger partial charge is 0.493 e. The van der Waals surface area contributed by atoms with Gasteiger partial charge in [-0.25, -0.2) is 4.39 Å². The molecule has 0 radical (unpaired) electrons. The minimum Gasteiger partial charge on any atom is -0.493 e. The second-order valence-electron chi connectivity index (χ2n) is 7.15. The summed E-state index contributed by atoms with van der Waals surface area (Å²) < 4.78 is 23.6. The zero-order chi connectivity index (χ0) is 23.8. The lowest BCUT2D eigenvalue weighted by Gasteiger charge is -2.16. The summed E-state index contributed by atoms with van der Waals surface area (Å²) in [4.78, 5) is 26.0. The molecule has 0 spiro atoms. The average Bonchev–Trinajstić information content (AvgIpc) is 2.83. The summed E-state index contributed by atoms with van der Waals surface area (Å²) in [6.07, 6.45) is 0. The predicted octanol–water partition coefficient (Wildman–Crippen LogP) is 5.06. The first-order valence-electron chi connectivity index (χ1n) is 10.2. The highest BCUT2D eigenvalue weighted by molar-refractivity contribution is 8.00. The molecule has 172 valence electrons. The number of anilines is 1. The Labute approximate surface area is 196 Å². The van der Waals surface area contributed by atoms with Crippen LogP contribution in [0, 0.1) is 5.82 Å². The third kappa shape index (κ3) is 6.49. The molecule has 0 heterocycles. The van der Waals surface area contributed by atoms with Crippen LogP contribution in [0.15, 0.2) is 71.6 Å². The van der Waals surface area contributed by atoms with Crippen molar-refractivity contribution in [1.29, 1.82) is 0 Å². The van der Waals surface area contributed by atoms with Crippen LogP contribution in [-0.2, 0) is 4.79 Å². The van der Waals surface area contributed by atoms with Crippen LogP contribution in [0.4, 0.5) is 10.1 Å². The second kappa shape index (κ2) is 11.4. The van der Waals surface area contributed by atoms with Gasteiger partial charge in [0.05, 0.1) is 31.6 Å². The molecule has 1 atom stereocenters. The van der Waals surface area contributed by atoms with E-state index in [2.05, 4.69) is 10.6 Å². The third-order valence-electron chi connectivity index (χ3n) is 4.88. The van der Waals surface area contributed by atoms with Gasteiger partial charge in [-0.15, -0.1) is 11.8 Å². The molecule has 2 N–H and O–H groups in total. The Hall–Kier alpha value is -3.52. The zero-order valence-electron chi connectivity index (χ0n) is 18.6. The molecular weight excluding hydrogens is 443 g/mol. The summed E-state index contributed by atoms with van der Waals surface area (Å²) in [7, 11) is 3.07. The van der Waals surface area contributed by atoms with Gasteiger partial charge in [0.25, 0.3) is 5.91 Å². The quantitative estimate of drug-likeness (QED) is 0.429. The number of hydrogen-bond acceptors (Lipinski definition) is 5. The van der Waals surface area contributed by atoms with E-state index >= 15 is 0 Å². The number of ether oxygens (including phenoxy) is 2. The van der Waals surface area contributed by atoms with Crippen molar-refractivity contribution in [3.8, 4) is 11.5 Å². The molecule has 2 amide bonds. The Morgan fingerprint density at radius 3 is 2.36 bits per heavy atom. The monoisotopic (exact) mass is 468 g/mol. The van der Waals surface area contributed by atoms with Crippen LogP contribution in [-0.4, -0.2) is 31.8 Å². The van der Waals surface area contributed by atoms with E-state index in [1.165, 1.54) is 31.0 Å². The molecular formula is C25H25FN2O4S. The molecule has 0 bridgehead atoms. The Balaban J connectivity index is 1.62.